The van der Waals surface area contributed by atoms with Gasteiger partial charge in [-0.2, -0.15) is 0 Å². The third-order valence-electron chi connectivity index (χ3n) is 3.95. The first-order valence-electron chi connectivity index (χ1n) is 6.58. The van der Waals surface area contributed by atoms with E-state index < -0.39 is 0 Å². The van der Waals surface area contributed by atoms with E-state index in [-0.39, 0.29) is 0 Å². The van der Waals surface area contributed by atoms with Crippen molar-refractivity contribution in [2.45, 2.75) is 25.8 Å². The smallest absolute Gasteiger partial charge is 0.0481 e. The van der Waals surface area contributed by atoms with Crippen LogP contribution in [0.5, 0.6) is 0 Å². The van der Waals surface area contributed by atoms with Crippen LogP contribution in [-0.4, -0.2) is 11.1 Å². The summed E-state index contributed by atoms with van der Waals surface area (Å²) in [6.07, 6.45) is 6.52. The number of nitrogens with one attached hydrogen (secondary N) is 1. The Morgan fingerprint density at radius 2 is 2.12 bits per heavy atom. The predicted octanol–water partition coefficient (Wildman–Crippen LogP) is 3.07. The molecular formula is C15H20N2. The number of aromatic nitrogens is 1. The number of aryl methyl sites for hydroxylation is 1. The first-order chi connectivity index (χ1) is 8.34. The highest BCUT2D eigenvalue weighted by Crippen LogP contribution is 2.25. The summed E-state index contributed by atoms with van der Waals surface area (Å²) in [5.74, 6) is 0.935. The van der Waals surface area contributed by atoms with E-state index in [9.17, 15) is 0 Å². The first kappa shape index (κ1) is 10.8. The normalized spacial score (nSPS) is 16.3. The van der Waals surface area contributed by atoms with Crippen molar-refractivity contribution in [2.24, 2.45) is 13.0 Å². The number of hydrogen-bond donors (Lipinski definition) is 1. The molecule has 0 atom stereocenters. The maximum atomic E-state index is 3.60. The summed E-state index contributed by atoms with van der Waals surface area (Å²) in [5, 5.41) is 4.98. The lowest BCUT2D eigenvalue weighted by Crippen LogP contribution is -2.26. The number of nitrogens with zero attached hydrogens (tertiary/aromatic N) is 1. The Morgan fingerprint density at radius 1 is 1.29 bits per heavy atom. The van der Waals surface area contributed by atoms with Crippen LogP contribution in [-0.2, 0) is 13.6 Å². The van der Waals surface area contributed by atoms with Gasteiger partial charge in [0.05, 0.1) is 0 Å². The predicted molar refractivity (Wildman–Crippen MR) is 72.0 cm³/mol. The number of para-hydroxylation sites is 1. The third-order valence-corrected chi connectivity index (χ3v) is 3.95. The van der Waals surface area contributed by atoms with Crippen LogP contribution in [0, 0.1) is 5.92 Å². The van der Waals surface area contributed by atoms with Crippen molar-refractivity contribution in [1.82, 2.24) is 9.88 Å². The lowest BCUT2D eigenvalue weighted by molar-refractivity contribution is 0.301. The van der Waals surface area contributed by atoms with Gasteiger partial charge >= 0.3 is 0 Å². The topological polar surface area (TPSA) is 17.0 Å². The van der Waals surface area contributed by atoms with E-state index in [1.54, 1.807) is 0 Å². The average molecular weight is 228 g/mol. The second-order valence-corrected chi connectivity index (χ2v) is 5.21. The number of hydrogen-bond acceptors (Lipinski definition) is 1. The second kappa shape index (κ2) is 4.53. The van der Waals surface area contributed by atoms with Crippen molar-refractivity contribution >= 4 is 10.9 Å². The van der Waals surface area contributed by atoms with Gasteiger partial charge in [-0.1, -0.05) is 24.6 Å². The molecule has 1 heterocycles. The Bertz CT molecular complexity index is 509. The summed E-state index contributed by atoms with van der Waals surface area (Å²) in [5.41, 5.74) is 2.75. The highest BCUT2D eigenvalue weighted by molar-refractivity contribution is 5.83. The highest BCUT2D eigenvalue weighted by atomic mass is 14.9. The van der Waals surface area contributed by atoms with Crippen molar-refractivity contribution in [3.63, 3.8) is 0 Å². The molecule has 0 saturated heterocycles. The lowest BCUT2D eigenvalue weighted by atomic mass is 9.85. The molecule has 3 rings (SSSR count). The number of rotatable bonds is 4. The molecule has 1 aromatic heterocycles. The largest absolute Gasteiger partial charge is 0.350 e. The molecule has 2 nitrogen and oxygen atoms in total. The summed E-state index contributed by atoms with van der Waals surface area (Å²) >= 11 is 0. The Labute approximate surface area is 103 Å². The van der Waals surface area contributed by atoms with Crippen LogP contribution in [0.3, 0.4) is 0 Å². The molecule has 0 radical (unpaired) electrons. The van der Waals surface area contributed by atoms with E-state index >= 15 is 0 Å². The fraction of sp³-hybridized carbons (Fsp3) is 0.467. The van der Waals surface area contributed by atoms with Gasteiger partial charge in [0.1, 0.15) is 0 Å². The van der Waals surface area contributed by atoms with Gasteiger partial charge in [0.15, 0.2) is 0 Å². The van der Waals surface area contributed by atoms with E-state index in [2.05, 4.69) is 47.4 Å². The van der Waals surface area contributed by atoms with E-state index in [1.807, 2.05) is 0 Å². The fourth-order valence-electron chi connectivity index (χ4n) is 2.67. The van der Waals surface area contributed by atoms with Gasteiger partial charge < -0.3 is 9.88 Å². The standard InChI is InChI=1S/C15H20N2/c1-17-11-13(10-16-9-12-5-4-6-12)14-7-2-3-8-15(14)17/h2-3,7-8,11-12,16H,4-6,9-10H2,1H3. The molecule has 17 heavy (non-hydrogen) atoms. The molecule has 0 unspecified atom stereocenters. The Hall–Kier alpha value is -1.28. The molecule has 1 aromatic carbocycles. The van der Waals surface area contributed by atoms with E-state index in [0.29, 0.717) is 0 Å². The van der Waals surface area contributed by atoms with Crippen LogP contribution < -0.4 is 5.32 Å². The van der Waals surface area contributed by atoms with Gasteiger partial charge in [-0.25, -0.2) is 0 Å². The Balaban J connectivity index is 1.71. The minimum Gasteiger partial charge on any atom is -0.350 e. The van der Waals surface area contributed by atoms with Gasteiger partial charge in [0.25, 0.3) is 0 Å². The zero-order valence-corrected chi connectivity index (χ0v) is 10.4. The number of fused-ring (bicyclic) bond motifs is 1. The third kappa shape index (κ3) is 2.09. The fourth-order valence-corrected chi connectivity index (χ4v) is 2.67. The van der Waals surface area contributed by atoms with Crippen molar-refractivity contribution in [3.05, 3.63) is 36.0 Å². The zero-order chi connectivity index (χ0) is 11.7. The quantitative estimate of drug-likeness (QED) is 0.851. The molecule has 0 spiro atoms. The molecule has 90 valence electrons. The molecular weight excluding hydrogens is 208 g/mol. The van der Waals surface area contributed by atoms with Gasteiger partial charge in [-0.15, -0.1) is 0 Å². The van der Waals surface area contributed by atoms with Crippen LogP contribution in [0.2, 0.25) is 0 Å². The molecule has 1 saturated carbocycles. The minimum absolute atomic E-state index is 0.935. The van der Waals surface area contributed by atoms with Crippen molar-refractivity contribution in [3.8, 4) is 0 Å². The molecule has 1 aliphatic carbocycles. The van der Waals surface area contributed by atoms with Crippen molar-refractivity contribution in [2.75, 3.05) is 6.54 Å². The molecule has 0 bridgehead atoms. The van der Waals surface area contributed by atoms with Gasteiger partial charge in [0, 0.05) is 30.7 Å². The summed E-state index contributed by atoms with van der Waals surface area (Å²) in [7, 11) is 2.12. The Morgan fingerprint density at radius 3 is 2.88 bits per heavy atom. The van der Waals surface area contributed by atoms with E-state index in [4.69, 9.17) is 0 Å². The summed E-state index contributed by atoms with van der Waals surface area (Å²) < 4.78 is 2.22. The molecule has 2 aromatic rings. The molecule has 0 aliphatic heterocycles. The maximum absolute atomic E-state index is 3.60. The first-order valence-corrected chi connectivity index (χ1v) is 6.58. The minimum atomic E-state index is 0.935. The molecule has 1 N–H and O–H groups in total. The molecule has 1 fully saturated rings. The SMILES string of the molecule is Cn1cc(CNCC2CCC2)c2ccccc21. The molecule has 1 aliphatic rings. The van der Waals surface area contributed by atoms with Crippen LogP contribution in [0.1, 0.15) is 24.8 Å². The van der Waals surface area contributed by atoms with Crippen molar-refractivity contribution < 1.29 is 0 Å². The van der Waals surface area contributed by atoms with E-state index in [1.165, 1.54) is 42.3 Å². The van der Waals surface area contributed by atoms with Crippen LogP contribution in [0.15, 0.2) is 30.5 Å². The average Bonchev–Trinajstić information content (AvgIpc) is 2.60. The monoisotopic (exact) mass is 228 g/mol. The summed E-state index contributed by atoms with van der Waals surface area (Å²) in [4.78, 5) is 0. The lowest BCUT2D eigenvalue weighted by Gasteiger charge is -2.25. The van der Waals surface area contributed by atoms with E-state index in [0.717, 1.165) is 12.5 Å². The Kier molecular flexibility index (Phi) is 2.89. The van der Waals surface area contributed by atoms with Crippen LogP contribution in [0.25, 0.3) is 10.9 Å². The maximum Gasteiger partial charge on any atom is 0.0481 e. The number of benzene rings is 1. The molecule has 0 amide bonds. The van der Waals surface area contributed by atoms with Crippen LogP contribution >= 0.6 is 0 Å². The van der Waals surface area contributed by atoms with Gasteiger partial charge in [-0.05, 0) is 36.9 Å². The van der Waals surface area contributed by atoms with Crippen LogP contribution in [0.4, 0.5) is 0 Å². The van der Waals surface area contributed by atoms with Crippen molar-refractivity contribution in [1.29, 1.82) is 0 Å². The zero-order valence-electron chi connectivity index (χ0n) is 10.4. The van der Waals surface area contributed by atoms with Gasteiger partial charge in [-0.3, -0.25) is 0 Å². The highest BCUT2D eigenvalue weighted by Gasteiger charge is 2.16. The molecule has 2 heteroatoms. The summed E-state index contributed by atoms with van der Waals surface area (Å²) in [6.45, 7) is 2.18. The summed E-state index contributed by atoms with van der Waals surface area (Å²) in [6, 6.07) is 8.63. The second-order valence-electron chi connectivity index (χ2n) is 5.21. The van der Waals surface area contributed by atoms with Gasteiger partial charge in [0.2, 0.25) is 0 Å².